The first-order valence-electron chi connectivity index (χ1n) is 2.24. The van der Waals surface area contributed by atoms with Crippen LogP contribution < -0.4 is 5.90 Å². The number of hydrogen-bond acceptors (Lipinski definition) is 3. The molecule has 0 saturated heterocycles. The molecule has 2 N–H and O–H groups in total. The Kier molecular flexibility index (Phi) is 13.6. The average molecular weight is 152 g/mol. The van der Waals surface area contributed by atoms with Crippen molar-refractivity contribution >= 4 is 12.4 Å². The molecule has 0 rings (SSSR count). The molecule has 0 aromatic rings. The van der Waals surface area contributed by atoms with E-state index in [2.05, 4.69) is 16.7 Å². The third-order valence-corrected chi connectivity index (χ3v) is 0.531. The van der Waals surface area contributed by atoms with E-state index in [1.807, 2.05) is 0 Å². The van der Waals surface area contributed by atoms with Gasteiger partial charge in [-0.1, -0.05) is 5.92 Å². The van der Waals surface area contributed by atoms with Gasteiger partial charge in [-0.15, -0.1) is 18.8 Å². The largest absolute Gasteiger partial charge is 0.366 e. The van der Waals surface area contributed by atoms with Gasteiger partial charge in [-0.25, -0.2) is 5.90 Å². The molecule has 0 aromatic heterocycles. The molecule has 9 heavy (non-hydrogen) atoms. The van der Waals surface area contributed by atoms with Crippen LogP contribution in [-0.2, 0) is 9.57 Å². The number of hydrogen-bond donors (Lipinski definition) is 1. The first kappa shape index (κ1) is 11.5. The smallest absolute Gasteiger partial charge is 0.107 e. The Morgan fingerprint density at radius 1 is 1.44 bits per heavy atom. The van der Waals surface area contributed by atoms with Crippen LogP contribution in [0.2, 0.25) is 0 Å². The Morgan fingerprint density at radius 3 is 2.56 bits per heavy atom. The van der Waals surface area contributed by atoms with E-state index in [9.17, 15) is 0 Å². The Bertz CT molecular complexity index is 81.5. The zero-order valence-corrected chi connectivity index (χ0v) is 5.82. The highest BCUT2D eigenvalue weighted by Crippen LogP contribution is 1.70. The molecule has 0 aliphatic carbocycles. The number of rotatable bonds is 4. The second-order valence-corrected chi connectivity index (χ2v) is 1.13. The van der Waals surface area contributed by atoms with Crippen molar-refractivity contribution < 1.29 is 9.57 Å². The highest BCUT2D eigenvalue weighted by atomic mass is 35.5. The molecule has 0 radical (unpaired) electrons. The summed E-state index contributed by atoms with van der Waals surface area (Å²) in [5.41, 5.74) is 0. The Morgan fingerprint density at radius 2 is 2.11 bits per heavy atom. The van der Waals surface area contributed by atoms with Gasteiger partial charge >= 0.3 is 0 Å². The van der Waals surface area contributed by atoms with E-state index >= 15 is 0 Å². The van der Waals surface area contributed by atoms with E-state index in [0.717, 1.165) is 0 Å². The van der Waals surface area contributed by atoms with Crippen LogP contribution in [0, 0.1) is 12.3 Å². The molecule has 0 fully saturated rings. The molecule has 0 atom stereocenters. The molecule has 3 nitrogen and oxygen atoms in total. The fourth-order valence-corrected chi connectivity index (χ4v) is 0.238. The van der Waals surface area contributed by atoms with Crippen molar-refractivity contribution in [1.29, 1.82) is 0 Å². The lowest BCUT2D eigenvalue weighted by Crippen LogP contribution is -2.07. The minimum atomic E-state index is 0. The molecule has 0 bridgehead atoms. The molecule has 0 heterocycles. The van der Waals surface area contributed by atoms with E-state index in [1.165, 1.54) is 0 Å². The van der Waals surface area contributed by atoms with Gasteiger partial charge in [0, 0.05) is 0 Å². The standard InChI is InChI=1S/C5H9NO2.ClH/c1-2-3-7-4-5-8-6;/h1H,3-6H2;1H. The third-order valence-electron chi connectivity index (χ3n) is 0.531. The number of nitrogens with two attached hydrogens (primary N) is 1. The molecule has 0 aromatic carbocycles. The van der Waals surface area contributed by atoms with E-state index < -0.39 is 0 Å². The van der Waals surface area contributed by atoms with E-state index in [4.69, 9.17) is 11.2 Å². The van der Waals surface area contributed by atoms with Crippen LogP contribution in [0.1, 0.15) is 0 Å². The topological polar surface area (TPSA) is 44.5 Å². The summed E-state index contributed by atoms with van der Waals surface area (Å²) in [5, 5.41) is 0. The van der Waals surface area contributed by atoms with Crippen molar-refractivity contribution in [1.82, 2.24) is 0 Å². The van der Waals surface area contributed by atoms with Crippen LogP contribution in [0.5, 0.6) is 0 Å². The van der Waals surface area contributed by atoms with Gasteiger partial charge in [0.05, 0.1) is 13.2 Å². The molecule has 0 aliphatic heterocycles. The summed E-state index contributed by atoms with van der Waals surface area (Å²) in [6.07, 6.45) is 4.86. The van der Waals surface area contributed by atoms with E-state index in [-0.39, 0.29) is 12.4 Å². The lowest BCUT2D eigenvalue weighted by molar-refractivity contribution is 0.0604. The van der Waals surface area contributed by atoms with E-state index in [1.54, 1.807) is 0 Å². The predicted octanol–water partition coefficient (Wildman–Crippen LogP) is -0.0517. The molecule has 54 valence electrons. The van der Waals surface area contributed by atoms with Crippen molar-refractivity contribution in [3.05, 3.63) is 0 Å². The van der Waals surface area contributed by atoms with Crippen LogP contribution in [0.25, 0.3) is 0 Å². The second kappa shape index (κ2) is 10.7. The molecular formula is C5H10ClNO2. The first-order valence-corrected chi connectivity index (χ1v) is 2.24. The SMILES string of the molecule is C#CCOCCON.Cl. The average Bonchev–Trinajstić information content (AvgIpc) is 1.81. The van der Waals surface area contributed by atoms with Crippen molar-refractivity contribution in [2.24, 2.45) is 5.90 Å². The minimum Gasteiger partial charge on any atom is -0.366 e. The molecule has 0 amide bonds. The monoisotopic (exact) mass is 151 g/mol. The van der Waals surface area contributed by atoms with Crippen molar-refractivity contribution in [3.8, 4) is 12.3 Å². The third kappa shape index (κ3) is 11.3. The zero-order chi connectivity index (χ0) is 6.24. The first-order chi connectivity index (χ1) is 3.91. The van der Waals surface area contributed by atoms with Crippen molar-refractivity contribution in [2.45, 2.75) is 0 Å². The Hall–Kier alpha value is -0.270. The summed E-state index contributed by atoms with van der Waals surface area (Å²) in [7, 11) is 0. The molecule has 0 aliphatic rings. The molecule has 0 spiro atoms. The van der Waals surface area contributed by atoms with Gasteiger partial charge in [0.2, 0.25) is 0 Å². The number of terminal acetylenes is 1. The Labute approximate surface area is 60.9 Å². The maximum Gasteiger partial charge on any atom is 0.107 e. The summed E-state index contributed by atoms with van der Waals surface area (Å²) in [6.45, 7) is 1.17. The number of ether oxygens (including phenoxy) is 1. The molecule has 0 unspecified atom stereocenters. The van der Waals surface area contributed by atoms with Gasteiger partial charge in [-0.05, 0) is 0 Å². The molecule has 4 heteroatoms. The molecule has 0 saturated carbocycles. The van der Waals surface area contributed by atoms with Crippen molar-refractivity contribution in [2.75, 3.05) is 19.8 Å². The summed E-state index contributed by atoms with van der Waals surface area (Å²) in [5.74, 6) is 6.99. The normalized spacial score (nSPS) is 7.56. The van der Waals surface area contributed by atoms with Gasteiger partial charge in [0.1, 0.15) is 6.61 Å². The maximum atomic E-state index is 4.86. The zero-order valence-electron chi connectivity index (χ0n) is 5.00. The van der Waals surface area contributed by atoms with Crippen molar-refractivity contribution in [3.63, 3.8) is 0 Å². The highest BCUT2D eigenvalue weighted by molar-refractivity contribution is 5.85. The summed E-state index contributed by atoms with van der Waals surface area (Å²) in [6, 6.07) is 0. The van der Waals surface area contributed by atoms with Crippen LogP contribution in [0.3, 0.4) is 0 Å². The van der Waals surface area contributed by atoms with Gasteiger partial charge < -0.3 is 9.57 Å². The van der Waals surface area contributed by atoms with Crippen LogP contribution in [-0.4, -0.2) is 19.8 Å². The maximum absolute atomic E-state index is 4.86. The number of halogens is 1. The summed E-state index contributed by atoms with van der Waals surface area (Å²) < 4.78 is 4.78. The lowest BCUT2D eigenvalue weighted by Gasteiger charge is -1.95. The summed E-state index contributed by atoms with van der Waals surface area (Å²) in [4.78, 5) is 4.19. The van der Waals surface area contributed by atoms with Gasteiger partial charge in [0.25, 0.3) is 0 Å². The molecular weight excluding hydrogens is 142 g/mol. The van der Waals surface area contributed by atoms with Gasteiger partial charge in [0.15, 0.2) is 0 Å². The van der Waals surface area contributed by atoms with Crippen LogP contribution in [0.4, 0.5) is 0 Å². The van der Waals surface area contributed by atoms with Gasteiger partial charge in [-0.3, -0.25) is 0 Å². The fourth-order valence-electron chi connectivity index (χ4n) is 0.238. The fraction of sp³-hybridized carbons (Fsp3) is 0.600. The second-order valence-electron chi connectivity index (χ2n) is 1.13. The minimum absolute atomic E-state index is 0. The Balaban J connectivity index is 0. The highest BCUT2D eigenvalue weighted by Gasteiger charge is 1.80. The predicted molar refractivity (Wildman–Crippen MR) is 37.0 cm³/mol. The van der Waals surface area contributed by atoms with Gasteiger partial charge in [-0.2, -0.15) is 0 Å². The summed E-state index contributed by atoms with van der Waals surface area (Å²) >= 11 is 0. The van der Waals surface area contributed by atoms with Crippen LogP contribution in [0.15, 0.2) is 0 Å². The van der Waals surface area contributed by atoms with E-state index in [0.29, 0.717) is 19.8 Å². The van der Waals surface area contributed by atoms with Crippen LogP contribution >= 0.6 is 12.4 Å². The quantitative estimate of drug-likeness (QED) is 0.348. The lowest BCUT2D eigenvalue weighted by atomic mass is 10.7.